The van der Waals surface area contributed by atoms with Crippen molar-refractivity contribution in [3.63, 3.8) is 0 Å². The second-order valence-electron chi connectivity index (χ2n) is 6.04. The Labute approximate surface area is 161 Å². The van der Waals surface area contributed by atoms with E-state index in [0.717, 1.165) is 23.4 Å². The summed E-state index contributed by atoms with van der Waals surface area (Å²) in [6.45, 7) is 0.453. The van der Waals surface area contributed by atoms with Crippen LogP contribution in [0, 0.1) is 11.6 Å². The average molecular weight is 383 g/mol. The molecule has 3 rings (SSSR count). The lowest BCUT2D eigenvalue weighted by molar-refractivity contribution is 0.0949. The second-order valence-corrected chi connectivity index (χ2v) is 6.04. The monoisotopic (exact) mass is 383 g/mol. The van der Waals surface area contributed by atoms with E-state index in [0.29, 0.717) is 18.7 Å². The molecule has 0 bridgehead atoms. The van der Waals surface area contributed by atoms with Crippen LogP contribution in [-0.4, -0.2) is 24.5 Å². The van der Waals surface area contributed by atoms with E-state index in [2.05, 4.69) is 15.6 Å². The molecule has 0 unspecified atom stereocenters. The van der Waals surface area contributed by atoms with Gasteiger partial charge in [0, 0.05) is 12.6 Å². The van der Waals surface area contributed by atoms with Crippen LogP contribution in [0.4, 0.5) is 20.2 Å². The van der Waals surface area contributed by atoms with Crippen LogP contribution in [0.25, 0.3) is 0 Å². The van der Waals surface area contributed by atoms with Gasteiger partial charge in [0.05, 0.1) is 24.7 Å². The maximum absolute atomic E-state index is 13.7. The molecule has 1 amide bonds. The number of nitrogens with one attached hydrogen (secondary N) is 2. The highest BCUT2D eigenvalue weighted by atomic mass is 19.1. The van der Waals surface area contributed by atoms with Crippen molar-refractivity contribution < 1.29 is 18.3 Å². The molecule has 1 heterocycles. The number of aromatic nitrogens is 1. The third-order valence-electron chi connectivity index (χ3n) is 4.04. The Bertz CT molecular complexity index is 962. The van der Waals surface area contributed by atoms with E-state index in [-0.39, 0.29) is 17.3 Å². The lowest BCUT2D eigenvalue weighted by Crippen LogP contribution is -2.26. The fourth-order valence-electron chi connectivity index (χ4n) is 2.59. The molecule has 0 aliphatic carbocycles. The van der Waals surface area contributed by atoms with Crippen molar-refractivity contribution in [2.45, 2.75) is 6.42 Å². The standard InChI is InChI=1S/C21H19F2N3O2/c1-28-17-4-2-3-14(11-17)9-10-24-21(27)20-8-6-16(13-25-20)26-19-7-5-15(22)12-18(19)23/h2-8,11-13,26H,9-10H2,1H3,(H,24,27). The number of rotatable bonds is 7. The number of hydrogen-bond acceptors (Lipinski definition) is 4. The molecule has 0 atom stereocenters. The van der Waals surface area contributed by atoms with Gasteiger partial charge in [-0.3, -0.25) is 4.79 Å². The Balaban J connectivity index is 1.54. The van der Waals surface area contributed by atoms with Crippen LogP contribution in [0.1, 0.15) is 16.1 Å². The van der Waals surface area contributed by atoms with Gasteiger partial charge in [-0.2, -0.15) is 0 Å². The van der Waals surface area contributed by atoms with Gasteiger partial charge in [0.25, 0.3) is 5.91 Å². The number of anilines is 2. The molecule has 7 heteroatoms. The van der Waals surface area contributed by atoms with Gasteiger partial charge in [-0.1, -0.05) is 12.1 Å². The molecule has 5 nitrogen and oxygen atoms in total. The molecule has 0 aliphatic rings. The smallest absolute Gasteiger partial charge is 0.269 e. The number of hydrogen-bond donors (Lipinski definition) is 2. The first-order chi connectivity index (χ1) is 13.5. The Morgan fingerprint density at radius 3 is 2.68 bits per heavy atom. The highest BCUT2D eigenvalue weighted by molar-refractivity contribution is 5.92. The zero-order valence-corrected chi connectivity index (χ0v) is 15.2. The average Bonchev–Trinajstić information content (AvgIpc) is 2.71. The molecule has 28 heavy (non-hydrogen) atoms. The third kappa shape index (κ3) is 5.03. The van der Waals surface area contributed by atoms with E-state index in [1.54, 1.807) is 13.2 Å². The molecule has 0 saturated carbocycles. The van der Waals surface area contributed by atoms with Crippen LogP contribution in [0.5, 0.6) is 5.75 Å². The molecule has 2 N–H and O–H groups in total. The Morgan fingerprint density at radius 1 is 1.11 bits per heavy atom. The van der Waals surface area contributed by atoms with Gasteiger partial charge in [0.1, 0.15) is 23.1 Å². The summed E-state index contributed by atoms with van der Waals surface area (Å²) in [5, 5.41) is 5.60. The molecular formula is C21H19F2N3O2. The molecule has 1 aromatic heterocycles. The number of pyridine rings is 1. The van der Waals surface area contributed by atoms with E-state index in [1.165, 1.54) is 18.3 Å². The summed E-state index contributed by atoms with van der Waals surface area (Å²) in [5.74, 6) is -0.893. The van der Waals surface area contributed by atoms with Gasteiger partial charge in [0.15, 0.2) is 0 Å². The van der Waals surface area contributed by atoms with E-state index in [4.69, 9.17) is 4.74 Å². The lowest BCUT2D eigenvalue weighted by Gasteiger charge is -2.09. The lowest BCUT2D eigenvalue weighted by atomic mass is 10.1. The maximum atomic E-state index is 13.7. The highest BCUT2D eigenvalue weighted by Crippen LogP contribution is 2.20. The fourth-order valence-corrected chi connectivity index (χ4v) is 2.59. The van der Waals surface area contributed by atoms with Crippen LogP contribution >= 0.6 is 0 Å². The van der Waals surface area contributed by atoms with Gasteiger partial charge in [-0.05, 0) is 48.4 Å². The van der Waals surface area contributed by atoms with Crippen LogP contribution in [0.3, 0.4) is 0 Å². The first-order valence-corrected chi connectivity index (χ1v) is 8.64. The van der Waals surface area contributed by atoms with Crippen molar-refractivity contribution in [3.8, 4) is 5.75 Å². The molecule has 144 valence electrons. The zero-order chi connectivity index (χ0) is 19.9. The second kappa shape index (κ2) is 8.94. The number of nitrogens with zero attached hydrogens (tertiary/aromatic N) is 1. The summed E-state index contributed by atoms with van der Waals surface area (Å²) in [4.78, 5) is 16.3. The first-order valence-electron chi connectivity index (χ1n) is 8.64. The quantitative estimate of drug-likeness (QED) is 0.645. The van der Waals surface area contributed by atoms with Gasteiger partial charge >= 0.3 is 0 Å². The fraction of sp³-hybridized carbons (Fsp3) is 0.143. The molecule has 3 aromatic rings. The van der Waals surface area contributed by atoms with Crippen molar-refractivity contribution in [2.75, 3.05) is 19.0 Å². The SMILES string of the molecule is COc1cccc(CCNC(=O)c2ccc(Nc3ccc(F)cc3F)cn2)c1. The summed E-state index contributed by atoms with van der Waals surface area (Å²) >= 11 is 0. The predicted molar refractivity (Wildman–Crippen MR) is 103 cm³/mol. The van der Waals surface area contributed by atoms with E-state index in [9.17, 15) is 13.6 Å². The summed E-state index contributed by atoms with van der Waals surface area (Å²) in [5.41, 5.74) is 1.90. The Kier molecular flexibility index (Phi) is 6.16. The normalized spacial score (nSPS) is 10.4. The molecular weight excluding hydrogens is 364 g/mol. The predicted octanol–water partition coefficient (Wildman–Crippen LogP) is 4.08. The number of carbonyl (C=O) groups excluding carboxylic acids is 1. The van der Waals surface area contributed by atoms with Gasteiger partial charge in [0.2, 0.25) is 0 Å². The van der Waals surface area contributed by atoms with E-state index < -0.39 is 11.6 Å². The minimum absolute atomic E-state index is 0.124. The Hall–Kier alpha value is -3.48. The summed E-state index contributed by atoms with van der Waals surface area (Å²) in [7, 11) is 1.61. The molecule has 0 saturated heterocycles. The van der Waals surface area contributed by atoms with Crippen molar-refractivity contribution >= 4 is 17.3 Å². The molecule has 2 aromatic carbocycles. The third-order valence-corrected chi connectivity index (χ3v) is 4.04. The topological polar surface area (TPSA) is 63.2 Å². The Morgan fingerprint density at radius 2 is 1.96 bits per heavy atom. The number of halogens is 2. The van der Waals surface area contributed by atoms with Crippen LogP contribution < -0.4 is 15.4 Å². The van der Waals surface area contributed by atoms with Crippen molar-refractivity contribution in [2.24, 2.45) is 0 Å². The van der Waals surface area contributed by atoms with E-state index in [1.807, 2.05) is 24.3 Å². The zero-order valence-electron chi connectivity index (χ0n) is 15.2. The van der Waals surface area contributed by atoms with Crippen molar-refractivity contribution in [1.82, 2.24) is 10.3 Å². The number of ether oxygens (including phenoxy) is 1. The van der Waals surface area contributed by atoms with Crippen LogP contribution in [0.2, 0.25) is 0 Å². The van der Waals surface area contributed by atoms with Crippen molar-refractivity contribution in [3.05, 3.63) is 83.7 Å². The highest BCUT2D eigenvalue weighted by Gasteiger charge is 2.08. The number of benzene rings is 2. The van der Waals surface area contributed by atoms with Crippen LogP contribution in [-0.2, 0) is 6.42 Å². The number of amides is 1. The minimum Gasteiger partial charge on any atom is -0.497 e. The maximum Gasteiger partial charge on any atom is 0.269 e. The summed E-state index contributed by atoms with van der Waals surface area (Å²) in [6.07, 6.45) is 2.08. The van der Waals surface area contributed by atoms with E-state index >= 15 is 0 Å². The molecule has 0 spiro atoms. The van der Waals surface area contributed by atoms with Crippen molar-refractivity contribution in [1.29, 1.82) is 0 Å². The molecule has 0 aliphatic heterocycles. The molecule has 0 radical (unpaired) electrons. The number of carbonyl (C=O) groups is 1. The van der Waals surface area contributed by atoms with Gasteiger partial charge in [-0.25, -0.2) is 13.8 Å². The summed E-state index contributed by atoms with van der Waals surface area (Å²) in [6, 6.07) is 14.0. The van der Waals surface area contributed by atoms with Gasteiger partial charge < -0.3 is 15.4 Å². The number of methoxy groups -OCH3 is 1. The first kappa shape index (κ1) is 19.3. The van der Waals surface area contributed by atoms with Gasteiger partial charge in [-0.15, -0.1) is 0 Å². The minimum atomic E-state index is -0.709. The summed E-state index contributed by atoms with van der Waals surface area (Å²) < 4.78 is 31.8. The largest absolute Gasteiger partial charge is 0.497 e. The van der Waals surface area contributed by atoms with Crippen LogP contribution in [0.15, 0.2) is 60.8 Å². The molecule has 0 fully saturated rings.